The second-order valence-electron chi connectivity index (χ2n) is 5.28. The van der Waals surface area contributed by atoms with Gasteiger partial charge in [0, 0.05) is 10.0 Å². The van der Waals surface area contributed by atoms with Crippen molar-refractivity contribution in [2.75, 3.05) is 14.2 Å². The minimum atomic E-state index is -0.437. The first-order valence-corrected chi connectivity index (χ1v) is 9.22. The van der Waals surface area contributed by atoms with E-state index in [1.807, 2.05) is 12.1 Å². The third-order valence-corrected chi connectivity index (χ3v) is 5.26. The molecule has 0 aliphatic carbocycles. The molecule has 0 N–H and O–H groups in total. The average Bonchev–Trinajstić information content (AvgIpc) is 2.99. The number of halogens is 1. The number of hydrogen-bond donors (Lipinski definition) is 0. The fourth-order valence-corrected chi connectivity index (χ4v) is 3.74. The summed E-state index contributed by atoms with van der Waals surface area (Å²) >= 11 is 4.65. The molecule has 26 heavy (non-hydrogen) atoms. The highest BCUT2D eigenvalue weighted by atomic mass is 79.9. The molecular weight excluding hydrogens is 420 g/mol. The molecule has 0 atom stereocenters. The summed E-state index contributed by atoms with van der Waals surface area (Å²) in [6, 6.07) is 12.5. The molecule has 0 fully saturated rings. The van der Waals surface area contributed by atoms with Gasteiger partial charge in [-0.05, 0) is 36.4 Å². The fraction of sp³-hybridized carbons (Fsp3) is 0.167. The smallest absolute Gasteiger partial charge is 0.325 e. The van der Waals surface area contributed by atoms with Gasteiger partial charge in [-0.3, -0.25) is 9.59 Å². The molecule has 134 valence electrons. The molecule has 0 unspecified atom stereocenters. The van der Waals surface area contributed by atoms with Crippen LogP contribution in [0.3, 0.4) is 0 Å². The van der Waals surface area contributed by atoms with Crippen molar-refractivity contribution >= 4 is 49.4 Å². The maximum atomic E-state index is 12.5. The van der Waals surface area contributed by atoms with E-state index >= 15 is 0 Å². The molecule has 0 aliphatic heterocycles. The van der Waals surface area contributed by atoms with Gasteiger partial charge >= 0.3 is 5.97 Å². The maximum absolute atomic E-state index is 12.5. The summed E-state index contributed by atoms with van der Waals surface area (Å²) in [7, 11) is 2.87. The lowest BCUT2D eigenvalue weighted by atomic mass is 10.2. The lowest BCUT2D eigenvalue weighted by Crippen LogP contribution is -2.22. The van der Waals surface area contributed by atoms with Gasteiger partial charge in [0.25, 0.3) is 5.91 Å². The molecule has 3 rings (SSSR count). The van der Waals surface area contributed by atoms with Crippen LogP contribution in [-0.4, -0.2) is 30.7 Å². The molecule has 0 spiro atoms. The zero-order valence-corrected chi connectivity index (χ0v) is 16.5. The van der Waals surface area contributed by atoms with Crippen molar-refractivity contribution in [1.29, 1.82) is 0 Å². The Hall–Kier alpha value is -2.45. The number of esters is 1. The van der Waals surface area contributed by atoms with E-state index in [2.05, 4.69) is 20.9 Å². The van der Waals surface area contributed by atoms with Crippen LogP contribution in [0.1, 0.15) is 10.4 Å². The summed E-state index contributed by atoms with van der Waals surface area (Å²) in [6.07, 6.45) is 0. The van der Waals surface area contributed by atoms with Crippen molar-refractivity contribution in [3.63, 3.8) is 0 Å². The zero-order valence-electron chi connectivity index (χ0n) is 14.1. The quantitative estimate of drug-likeness (QED) is 0.590. The molecule has 0 saturated carbocycles. The molecule has 6 nitrogen and oxygen atoms in total. The Morgan fingerprint density at radius 1 is 1.15 bits per heavy atom. The molecule has 8 heteroatoms. The second-order valence-corrected chi connectivity index (χ2v) is 7.20. The minimum absolute atomic E-state index is 0.0661. The number of benzene rings is 2. The number of carbonyl (C=O) groups is 2. The molecule has 0 saturated heterocycles. The molecule has 0 aliphatic rings. The van der Waals surface area contributed by atoms with E-state index in [1.165, 1.54) is 18.4 Å². The monoisotopic (exact) mass is 434 g/mol. The summed E-state index contributed by atoms with van der Waals surface area (Å²) in [6.45, 7) is -0.0661. The number of para-hydroxylation sites is 1. The molecular formula is C18H15BrN2O4S. The number of hydrogen-bond acceptors (Lipinski definition) is 5. The normalized spacial score (nSPS) is 11.6. The largest absolute Gasteiger partial charge is 0.495 e. The predicted octanol–water partition coefficient (Wildman–Crippen LogP) is 3.39. The maximum Gasteiger partial charge on any atom is 0.325 e. The van der Waals surface area contributed by atoms with Crippen LogP contribution in [-0.2, 0) is 16.1 Å². The molecule has 0 radical (unpaired) electrons. The topological polar surface area (TPSA) is 69.9 Å². The molecule has 1 aromatic heterocycles. The Labute approximate surface area is 161 Å². The number of aromatic nitrogens is 1. The third-order valence-electron chi connectivity index (χ3n) is 3.69. The Bertz CT molecular complexity index is 1040. The van der Waals surface area contributed by atoms with Gasteiger partial charge in [-0.25, -0.2) is 0 Å². The lowest BCUT2D eigenvalue weighted by molar-refractivity contribution is -0.141. The highest BCUT2D eigenvalue weighted by Crippen LogP contribution is 2.27. The van der Waals surface area contributed by atoms with Crippen LogP contribution in [0.15, 0.2) is 51.9 Å². The summed E-state index contributed by atoms with van der Waals surface area (Å²) < 4.78 is 13.6. The van der Waals surface area contributed by atoms with Crippen molar-refractivity contribution < 1.29 is 19.1 Å². The van der Waals surface area contributed by atoms with Crippen molar-refractivity contribution in [3.8, 4) is 5.75 Å². The van der Waals surface area contributed by atoms with E-state index < -0.39 is 5.97 Å². The summed E-state index contributed by atoms with van der Waals surface area (Å²) in [4.78, 5) is 29.0. The van der Waals surface area contributed by atoms with E-state index in [1.54, 1.807) is 42.0 Å². The summed E-state index contributed by atoms with van der Waals surface area (Å²) in [5.41, 5.74) is 1.16. The summed E-state index contributed by atoms with van der Waals surface area (Å²) in [5.74, 6) is -0.227. The standard InChI is InChI=1S/C18H15BrN2O4S/c1-24-13-4-3-5-14-16(13)21(10-15(22)25-2)18(26-14)20-17(23)11-6-8-12(19)9-7-11/h3-9H,10H2,1-2H3. The Kier molecular flexibility index (Phi) is 5.53. The van der Waals surface area contributed by atoms with Crippen LogP contribution in [0.2, 0.25) is 0 Å². The SMILES string of the molecule is COC(=O)Cn1c(=NC(=O)c2ccc(Br)cc2)sc2cccc(OC)c21. The molecule has 0 bridgehead atoms. The molecule has 3 aromatic rings. The van der Waals surface area contributed by atoms with Gasteiger partial charge in [0.2, 0.25) is 0 Å². The Morgan fingerprint density at radius 3 is 2.54 bits per heavy atom. The van der Waals surface area contributed by atoms with E-state index in [9.17, 15) is 9.59 Å². The van der Waals surface area contributed by atoms with Gasteiger partial charge in [0.1, 0.15) is 17.8 Å². The van der Waals surface area contributed by atoms with E-state index in [-0.39, 0.29) is 12.5 Å². The van der Waals surface area contributed by atoms with Gasteiger partial charge in [-0.1, -0.05) is 33.3 Å². The first kappa shape index (κ1) is 18.3. The molecule has 2 aromatic carbocycles. The highest BCUT2D eigenvalue weighted by Gasteiger charge is 2.15. The van der Waals surface area contributed by atoms with Gasteiger partial charge in [0.05, 0.1) is 18.9 Å². The minimum Gasteiger partial charge on any atom is -0.495 e. The number of fused-ring (bicyclic) bond motifs is 1. The molecule has 1 amide bonds. The molecule has 1 heterocycles. The number of thiazole rings is 1. The number of ether oxygens (including phenoxy) is 2. The zero-order chi connectivity index (χ0) is 18.7. The Morgan fingerprint density at radius 2 is 1.88 bits per heavy atom. The lowest BCUT2D eigenvalue weighted by Gasteiger charge is -2.07. The van der Waals surface area contributed by atoms with Crippen molar-refractivity contribution in [2.24, 2.45) is 4.99 Å². The van der Waals surface area contributed by atoms with Gasteiger partial charge in [-0.15, -0.1) is 0 Å². The number of carbonyl (C=O) groups excluding carboxylic acids is 2. The van der Waals surface area contributed by atoms with Crippen LogP contribution < -0.4 is 9.54 Å². The summed E-state index contributed by atoms with van der Waals surface area (Å²) in [5, 5.41) is 0. The van der Waals surface area contributed by atoms with Gasteiger partial charge < -0.3 is 14.0 Å². The number of amides is 1. The first-order chi connectivity index (χ1) is 12.5. The van der Waals surface area contributed by atoms with E-state index in [0.29, 0.717) is 21.6 Å². The van der Waals surface area contributed by atoms with E-state index in [0.717, 1.165) is 9.17 Å². The predicted molar refractivity (Wildman–Crippen MR) is 102 cm³/mol. The second kappa shape index (κ2) is 7.84. The highest BCUT2D eigenvalue weighted by molar-refractivity contribution is 9.10. The number of nitrogens with zero attached hydrogens (tertiary/aromatic N) is 2. The van der Waals surface area contributed by atoms with Crippen molar-refractivity contribution in [1.82, 2.24) is 4.57 Å². The Balaban J connectivity index is 2.17. The van der Waals surface area contributed by atoms with Crippen LogP contribution in [0, 0.1) is 0 Å². The van der Waals surface area contributed by atoms with E-state index in [4.69, 9.17) is 9.47 Å². The van der Waals surface area contributed by atoms with Gasteiger partial charge in [-0.2, -0.15) is 4.99 Å². The van der Waals surface area contributed by atoms with Crippen LogP contribution in [0.25, 0.3) is 10.2 Å². The van der Waals surface area contributed by atoms with Crippen LogP contribution >= 0.6 is 27.3 Å². The van der Waals surface area contributed by atoms with Gasteiger partial charge in [0.15, 0.2) is 4.80 Å². The van der Waals surface area contributed by atoms with Crippen molar-refractivity contribution in [2.45, 2.75) is 6.54 Å². The number of rotatable bonds is 4. The first-order valence-electron chi connectivity index (χ1n) is 7.61. The fourth-order valence-electron chi connectivity index (χ4n) is 2.43. The van der Waals surface area contributed by atoms with Crippen molar-refractivity contribution in [3.05, 3.63) is 57.3 Å². The number of methoxy groups -OCH3 is 2. The third kappa shape index (κ3) is 3.71. The average molecular weight is 435 g/mol. The van der Waals surface area contributed by atoms with Crippen LogP contribution in [0.5, 0.6) is 5.75 Å². The van der Waals surface area contributed by atoms with Crippen LogP contribution in [0.4, 0.5) is 0 Å².